The van der Waals surface area contributed by atoms with Crippen molar-refractivity contribution in [2.24, 2.45) is 34.2 Å². The molecule has 4 atom stereocenters. The molecule has 176 valence electrons. The third-order valence-electron chi connectivity index (χ3n) is 7.61. The van der Waals surface area contributed by atoms with Crippen molar-refractivity contribution in [1.29, 1.82) is 0 Å². The van der Waals surface area contributed by atoms with Crippen molar-refractivity contribution < 1.29 is 24.2 Å². The second-order valence-corrected chi connectivity index (χ2v) is 9.29. The third-order valence-corrected chi connectivity index (χ3v) is 7.61. The molecule has 1 saturated heterocycles. The molecule has 0 aromatic heterocycles. The molecule has 1 aliphatic heterocycles. The van der Waals surface area contributed by atoms with E-state index in [1.165, 1.54) is 24.4 Å². The molecule has 4 aliphatic rings. The van der Waals surface area contributed by atoms with Crippen LogP contribution in [0.1, 0.15) is 18.4 Å². The number of nitrogens with zero attached hydrogens (tertiary/aromatic N) is 4. The van der Waals surface area contributed by atoms with Gasteiger partial charge < -0.3 is 4.74 Å². The minimum Gasteiger partial charge on any atom is -0.450 e. The summed E-state index contributed by atoms with van der Waals surface area (Å²) in [5.74, 6) is -0.730. The number of non-ortho nitro benzene ring substituents is 1. The first-order valence-corrected chi connectivity index (χ1v) is 11.1. The number of imide groups is 1. The summed E-state index contributed by atoms with van der Waals surface area (Å²) in [6.45, 7) is 0. The van der Waals surface area contributed by atoms with Gasteiger partial charge >= 0.3 is 5.69 Å². The summed E-state index contributed by atoms with van der Waals surface area (Å²) in [4.78, 5) is 46.6. The Labute approximate surface area is 198 Å². The van der Waals surface area contributed by atoms with Gasteiger partial charge in [0.25, 0.3) is 17.5 Å². The molecule has 1 spiro atoms. The number of nitro groups is 2. The number of carbonyl (C=O) groups is 2. The zero-order chi connectivity index (χ0) is 24.5. The van der Waals surface area contributed by atoms with E-state index in [1.54, 1.807) is 12.1 Å². The highest BCUT2D eigenvalue weighted by Crippen LogP contribution is 2.73. The molecule has 2 saturated carbocycles. The summed E-state index contributed by atoms with van der Waals surface area (Å²) in [5.41, 5.74) is -0.224. The highest BCUT2D eigenvalue weighted by Gasteiger charge is 2.73. The van der Waals surface area contributed by atoms with Gasteiger partial charge in [-0.25, -0.2) is 0 Å². The van der Waals surface area contributed by atoms with E-state index in [1.807, 2.05) is 0 Å². The second kappa shape index (κ2) is 7.29. The number of fused-ring (bicyclic) bond motifs is 3. The summed E-state index contributed by atoms with van der Waals surface area (Å²) < 4.78 is 5.54. The van der Waals surface area contributed by atoms with Crippen LogP contribution in [0, 0.1) is 49.3 Å². The van der Waals surface area contributed by atoms with Crippen LogP contribution in [0.3, 0.4) is 0 Å². The molecule has 6 rings (SSSR count). The van der Waals surface area contributed by atoms with E-state index in [2.05, 4.69) is 17.3 Å². The molecule has 35 heavy (non-hydrogen) atoms. The van der Waals surface area contributed by atoms with Crippen LogP contribution in [-0.2, 0) is 9.59 Å². The van der Waals surface area contributed by atoms with E-state index in [4.69, 9.17) is 4.74 Å². The topological polar surface area (TPSA) is 145 Å². The molecule has 3 aliphatic carbocycles. The molecule has 2 bridgehead atoms. The van der Waals surface area contributed by atoms with Crippen LogP contribution < -0.4 is 4.74 Å². The fourth-order valence-electron chi connectivity index (χ4n) is 5.90. The van der Waals surface area contributed by atoms with E-state index in [9.17, 15) is 29.8 Å². The average molecular weight is 474 g/mol. The molecule has 2 aromatic carbocycles. The maximum absolute atomic E-state index is 13.0. The van der Waals surface area contributed by atoms with Crippen LogP contribution in [0.2, 0.25) is 0 Å². The Morgan fingerprint density at radius 3 is 2.11 bits per heavy atom. The van der Waals surface area contributed by atoms with Gasteiger partial charge in [-0.2, -0.15) is 10.1 Å². The first-order valence-electron chi connectivity index (χ1n) is 11.1. The Bertz CT molecular complexity index is 1330. The van der Waals surface area contributed by atoms with Gasteiger partial charge in [0.15, 0.2) is 0 Å². The lowest BCUT2D eigenvalue weighted by Gasteiger charge is -2.18. The number of benzene rings is 2. The first-order chi connectivity index (χ1) is 16.8. The average Bonchev–Trinajstić information content (AvgIpc) is 3.44. The number of allylic oxidation sites excluding steroid dienone is 2. The van der Waals surface area contributed by atoms with Gasteiger partial charge in [-0.1, -0.05) is 12.2 Å². The first kappa shape index (κ1) is 21.1. The molecule has 0 radical (unpaired) electrons. The maximum Gasteiger partial charge on any atom is 0.318 e. The van der Waals surface area contributed by atoms with Gasteiger partial charge in [-0.15, -0.1) is 0 Å². The molecule has 0 N–H and O–H groups in total. The SMILES string of the molecule is O=C1[C@@H]2[C@@H](C(=O)N1/N=C\c1ccc(Oc3ccc([N+](=O)[O-])cc3[N+](=O)[O-])cc1)[C@H]1C=C[C@H]2C12CC2. The van der Waals surface area contributed by atoms with E-state index in [0.717, 1.165) is 30.0 Å². The number of rotatable bonds is 6. The standard InChI is InChI=1S/C24H18N4O7/c29-22-20-16-6-7-17(24(16)9-10-24)21(20)23(30)26(22)25-12-13-1-4-15(5-2-13)35-19-8-3-14(27(31)32)11-18(19)28(33)34/h1-8,11-12,16-17,20-21H,9-10H2/b25-12-/t16-,17-,20+,21+/m1/s1. The van der Waals surface area contributed by atoms with Gasteiger partial charge in [-0.05, 0) is 66.0 Å². The number of hydrazone groups is 1. The Kier molecular flexibility index (Phi) is 4.41. The van der Waals surface area contributed by atoms with Gasteiger partial charge in [0, 0.05) is 6.07 Å². The third kappa shape index (κ3) is 3.07. The largest absolute Gasteiger partial charge is 0.450 e. The van der Waals surface area contributed by atoms with Crippen molar-refractivity contribution in [3.8, 4) is 11.5 Å². The fraction of sp³-hybridized carbons (Fsp3) is 0.292. The molecule has 0 unspecified atom stereocenters. The smallest absolute Gasteiger partial charge is 0.318 e. The second-order valence-electron chi connectivity index (χ2n) is 9.29. The highest BCUT2D eigenvalue weighted by atomic mass is 16.6. The Morgan fingerprint density at radius 2 is 1.57 bits per heavy atom. The lowest BCUT2D eigenvalue weighted by atomic mass is 9.85. The number of hydrogen-bond acceptors (Lipinski definition) is 8. The predicted octanol–water partition coefficient (Wildman–Crippen LogP) is 3.83. The van der Waals surface area contributed by atoms with Crippen molar-refractivity contribution >= 4 is 29.4 Å². The summed E-state index contributed by atoms with van der Waals surface area (Å²) >= 11 is 0. The van der Waals surface area contributed by atoms with Gasteiger partial charge in [0.1, 0.15) is 5.75 Å². The van der Waals surface area contributed by atoms with Crippen LogP contribution in [0.5, 0.6) is 11.5 Å². The maximum atomic E-state index is 13.0. The molecule has 3 fully saturated rings. The molecular weight excluding hydrogens is 456 g/mol. The zero-order valence-electron chi connectivity index (χ0n) is 18.1. The van der Waals surface area contributed by atoms with Gasteiger partial charge in [0.2, 0.25) is 5.75 Å². The zero-order valence-corrected chi connectivity index (χ0v) is 18.1. The van der Waals surface area contributed by atoms with Crippen molar-refractivity contribution in [3.63, 3.8) is 0 Å². The van der Waals surface area contributed by atoms with E-state index in [-0.39, 0.29) is 52.4 Å². The van der Waals surface area contributed by atoms with E-state index < -0.39 is 21.2 Å². The summed E-state index contributed by atoms with van der Waals surface area (Å²) in [5, 5.41) is 27.3. The minimum absolute atomic E-state index is 0.130. The highest BCUT2D eigenvalue weighted by molar-refractivity contribution is 6.07. The normalized spacial score (nSPS) is 27.1. The molecular formula is C24H18N4O7. The molecule has 1 heterocycles. The summed E-state index contributed by atoms with van der Waals surface area (Å²) in [6.07, 6.45) is 7.76. The summed E-state index contributed by atoms with van der Waals surface area (Å²) in [7, 11) is 0. The lowest BCUT2D eigenvalue weighted by Crippen LogP contribution is -2.30. The molecule has 11 nitrogen and oxygen atoms in total. The van der Waals surface area contributed by atoms with Crippen LogP contribution in [0.4, 0.5) is 11.4 Å². The summed E-state index contributed by atoms with van der Waals surface area (Å²) in [6, 6.07) is 9.43. The van der Waals surface area contributed by atoms with E-state index >= 15 is 0 Å². The Morgan fingerprint density at radius 1 is 0.943 bits per heavy atom. The Balaban J connectivity index is 1.16. The van der Waals surface area contributed by atoms with E-state index in [0.29, 0.717) is 5.56 Å². The van der Waals surface area contributed by atoms with Crippen molar-refractivity contribution in [2.75, 3.05) is 0 Å². The van der Waals surface area contributed by atoms with Crippen molar-refractivity contribution in [1.82, 2.24) is 5.01 Å². The number of carbonyl (C=O) groups excluding carboxylic acids is 2. The monoisotopic (exact) mass is 474 g/mol. The van der Waals surface area contributed by atoms with Crippen LogP contribution in [0.25, 0.3) is 0 Å². The van der Waals surface area contributed by atoms with Crippen LogP contribution in [0.15, 0.2) is 59.7 Å². The number of amides is 2. The molecule has 11 heteroatoms. The van der Waals surface area contributed by atoms with Crippen molar-refractivity contribution in [3.05, 3.63) is 80.4 Å². The minimum atomic E-state index is -0.754. The number of hydrogen-bond donors (Lipinski definition) is 0. The lowest BCUT2D eigenvalue weighted by molar-refractivity contribution is -0.394. The quantitative estimate of drug-likeness (QED) is 0.203. The number of nitro benzene ring substituents is 2. The molecule has 2 aromatic rings. The number of ether oxygens (including phenoxy) is 1. The van der Waals surface area contributed by atoms with Crippen molar-refractivity contribution in [2.45, 2.75) is 12.8 Å². The van der Waals surface area contributed by atoms with Gasteiger partial charge in [0.05, 0.1) is 34.0 Å². The van der Waals surface area contributed by atoms with Crippen LogP contribution >= 0.6 is 0 Å². The Hall–Kier alpha value is -4.41. The molecule has 2 amide bonds. The fourth-order valence-corrected chi connectivity index (χ4v) is 5.90. The van der Waals surface area contributed by atoms with Gasteiger partial charge in [-0.3, -0.25) is 29.8 Å². The predicted molar refractivity (Wildman–Crippen MR) is 120 cm³/mol. The van der Waals surface area contributed by atoms with Crippen LogP contribution in [-0.4, -0.2) is 32.9 Å².